The number of Topliss-reactive ketones (excluding diaryl/α,β-unsaturated/α-hetero) is 1. The Kier molecular flexibility index (Phi) is 7.55. The Morgan fingerprint density at radius 2 is 1.76 bits per heavy atom. The number of ketones is 1. The van der Waals surface area contributed by atoms with Crippen LogP contribution in [0.1, 0.15) is 34.8 Å². The molecule has 0 aromatic heterocycles. The molecule has 0 atom stereocenters. The summed E-state index contributed by atoms with van der Waals surface area (Å²) in [5.41, 5.74) is 2.55. The molecule has 11 heteroatoms. The van der Waals surface area contributed by atoms with Gasteiger partial charge in [-0.15, -0.1) is 0 Å². The molecule has 0 spiro atoms. The van der Waals surface area contributed by atoms with Crippen LogP contribution < -0.4 is 9.03 Å². The maximum absolute atomic E-state index is 12.4. The van der Waals surface area contributed by atoms with Crippen LogP contribution in [0.5, 0.6) is 0 Å². The molecule has 1 heterocycles. The third-order valence-electron chi connectivity index (χ3n) is 5.27. The van der Waals surface area contributed by atoms with Crippen LogP contribution >= 0.6 is 0 Å². The number of fused-ring (bicyclic) bond motifs is 1. The van der Waals surface area contributed by atoms with Gasteiger partial charge in [0.25, 0.3) is 0 Å². The van der Waals surface area contributed by atoms with E-state index in [1.54, 1.807) is 31.2 Å². The first-order valence-electron chi connectivity index (χ1n) is 10.4. The highest BCUT2D eigenvalue weighted by molar-refractivity contribution is 7.92. The summed E-state index contributed by atoms with van der Waals surface area (Å²) in [5, 5.41) is 0. The van der Waals surface area contributed by atoms with Gasteiger partial charge in [0, 0.05) is 18.7 Å². The second-order valence-electron chi connectivity index (χ2n) is 7.61. The average molecular weight is 495 g/mol. The second-order valence-corrected chi connectivity index (χ2v) is 11.6. The van der Waals surface area contributed by atoms with Gasteiger partial charge in [-0.2, -0.15) is 0 Å². The fraction of sp³-hybridized carbons (Fsp3) is 0.364. The maximum atomic E-state index is 12.4. The van der Waals surface area contributed by atoms with Gasteiger partial charge < -0.3 is 4.74 Å². The van der Waals surface area contributed by atoms with Crippen LogP contribution in [-0.2, 0) is 36.0 Å². The number of hydrogen-bond donors (Lipinski definition) is 1. The first-order valence-corrected chi connectivity index (χ1v) is 13.5. The number of sulfonamides is 2. The SMILES string of the molecule is CCS(=O)(=O)N1CCc2cc(C(=O)COC(=O)CCNS(=O)(=O)c3ccc(C)cc3)ccc21. The molecule has 3 rings (SSSR count). The zero-order chi connectivity index (χ0) is 24.2. The summed E-state index contributed by atoms with van der Waals surface area (Å²) < 4.78 is 57.4. The van der Waals surface area contributed by atoms with Crippen molar-refractivity contribution in [1.82, 2.24) is 4.72 Å². The molecule has 178 valence electrons. The smallest absolute Gasteiger partial charge is 0.307 e. The van der Waals surface area contributed by atoms with Crippen molar-refractivity contribution in [3.8, 4) is 0 Å². The Morgan fingerprint density at radius 3 is 2.42 bits per heavy atom. The first kappa shape index (κ1) is 24.9. The van der Waals surface area contributed by atoms with E-state index >= 15 is 0 Å². The van der Waals surface area contributed by atoms with Gasteiger partial charge in [-0.1, -0.05) is 17.7 Å². The van der Waals surface area contributed by atoms with Crippen LogP contribution in [0.2, 0.25) is 0 Å². The lowest BCUT2D eigenvalue weighted by molar-refractivity contribution is -0.142. The number of nitrogens with one attached hydrogen (secondary N) is 1. The summed E-state index contributed by atoms with van der Waals surface area (Å²) in [7, 11) is -7.12. The highest BCUT2D eigenvalue weighted by Crippen LogP contribution is 2.31. The summed E-state index contributed by atoms with van der Waals surface area (Å²) >= 11 is 0. The Bertz CT molecular complexity index is 1250. The summed E-state index contributed by atoms with van der Waals surface area (Å²) in [6.07, 6.45) is 0.267. The number of ether oxygens (including phenoxy) is 1. The molecular formula is C22H26N2O7S2. The number of carbonyl (C=O) groups is 2. The quantitative estimate of drug-likeness (QED) is 0.394. The van der Waals surface area contributed by atoms with Crippen LogP contribution in [-0.4, -0.2) is 54.0 Å². The minimum Gasteiger partial charge on any atom is -0.457 e. The summed E-state index contributed by atoms with van der Waals surface area (Å²) in [5.74, 6) is -1.15. The lowest BCUT2D eigenvalue weighted by atomic mass is 10.1. The van der Waals surface area contributed by atoms with Gasteiger partial charge in [-0.05, 0) is 56.2 Å². The number of nitrogens with zero attached hydrogens (tertiary/aromatic N) is 1. The van der Waals surface area contributed by atoms with Crippen molar-refractivity contribution in [3.05, 3.63) is 59.2 Å². The highest BCUT2D eigenvalue weighted by Gasteiger charge is 2.28. The van der Waals surface area contributed by atoms with Crippen LogP contribution in [0.15, 0.2) is 47.4 Å². The Labute approximate surface area is 193 Å². The predicted octanol–water partition coefficient (Wildman–Crippen LogP) is 1.80. The molecular weight excluding hydrogens is 468 g/mol. The molecule has 0 bridgehead atoms. The minimum atomic E-state index is -3.74. The van der Waals surface area contributed by atoms with Crippen LogP contribution in [0.25, 0.3) is 0 Å². The van der Waals surface area contributed by atoms with Gasteiger partial charge in [0.05, 0.1) is 22.8 Å². The molecule has 0 aliphatic carbocycles. The zero-order valence-electron chi connectivity index (χ0n) is 18.4. The van der Waals surface area contributed by atoms with Crippen LogP contribution in [0.3, 0.4) is 0 Å². The number of anilines is 1. The molecule has 9 nitrogen and oxygen atoms in total. The minimum absolute atomic E-state index is 0.00967. The third-order valence-corrected chi connectivity index (χ3v) is 8.53. The van der Waals surface area contributed by atoms with E-state index in [-0.39, 0.29) is 23.6 Å². The topological polar surface area (TPSA) is 127 Å². The number of benzene rings is 2. The highest BCUT2D eigenvalue weighted by atomic mass is 32.2. The molecule has 2 aromatic carbocycles. The van der Waals surface area contributed by atoms with Crippen molar-refractivity contribution in [2.75, 3.05) is 29.8 Å². The molecule has 1 N–H and O–H groups in total. The van der Waals surface area contributed by atoms with Crippen LogP contribution in [0, 0.1) is 6.92 Å². The molecule has 0 amide bonds. The molecule has 33 heavy (non-hydrogen) atoms. The number of aryl methyl sites for hydroxylation is 1. The van der Waals surface area contributed by atoms with Crippen LogP contribution in [0.4, 0.5) is 5.69 Å². The fourth-order valence-electron chi connectivity index (χ4n) is 3.38. The second kappa shape index (κ2) is 10.0. The molecule has 0 saturated carbocycles. The van der Waals surface area contributed by atoms with E-state index in [1.165, 1.54) is 22.5 Å². The first-order chi connectivity index (χ1) is 15.5. The van der Waals surface area contributed by atoms with Crippen molar-refractivity contribution in [2.45, 2.75) is 31.6 Å². The summed E-state index contributed by atoms with van der Waals surface area (Å²) in [6.45, 7) is 3.10. The van der Waals surface area contributed by atoms with Gasteiger partial charge in [0.1, 0.15) is 0 Å². The van der Waals surface area contributed by atoms with E-state index in [2.05, 4.69) is 4.72 Å². The number of esters is 1. The van der Waals surface area contributed by atoms with Gasteiger partial charge in [-0.25, -0.2) is 21.6 Å². The Hall–Kier alpha value is -2.76. The molecule has 0 saturated heterocycles. The van der Waals surface area contributed by atoms with E-state index in [9.17, 15) is 26.4 Å². The molecule has 2 aromatic rings. The normalized spacial score (nSPS) is 13.6. The monoisotopic (exact) mass is 494 g/mol. The molecule has 0 radical (unpaired) electrons. The van der Waals surface area contributed by atoms with E-state index in [0.717, 1.165) is 11.1 Å². The molecule has 1 aliphatic rings. The third kappa shape index (κ3) is 5.98. The van der Waals surface area contributed by atoms with Gasteiger partial charge >= 0.3 is 5.97 Å². The molecule has 1 aliphatic heterocycles. The predicted molar refractivity (Wildman–Crippen MR) is 123 cm³/mol. The zero-order valence-corrected chi connectivity index (χ0v) is 20.0. The largest absolute Gasteiger partial charge is 0.457 e. The maximum Gasteiger partial charge on any atom is 0.307 e. The lowest BCUT2D eigenvalue weighted by Crippen LogP contribution is -2.30. The summed E-state index contributed by atoms with van der Waals surface area (Å²) in [4.78, 5) is 24.4. The van der Waals surface area contributed by atoms with E-state index in [0.29, 0.717) is 24.2 Å². The summed E-state index contributed by atoms with van der Waals surface area (Å²) in [6, 6.07) is 11.0. The van der Waals surface area contributed by atoms with Crippen molar-refractivity contribution >= 4 is 37.5 Å². The fourth-order valence-corrected chi connectivity index (χ4v) is 5.57. The van der Waals surface area contributed by atoms with Gasteiger partial charge in [-0.3, -0.25) is 13.9 Å². The molecule has 0 fully saturated rings. The Morgan fingerprint density at radius 1 is 1.06 bits per heavy atom. The number of hydrogen-bond acceptors (Lipinski definition) is 7. The average Bonchev–Trinajstić information content (AvgIpc) is 3.22. The number of carbonyl (C=O) groups excluding carboxylic acids is 2. The van der Waals surface area contributed by atoms with Crippen molar-refractivity contribution in [1.29, 1.82) is 0 Å². The van der Waals surface area contributed by atoms with E-state index < -0.39 is 38.4 Å². The van der Waals surface area contributed by atoms with Gasteiger partial charge in [0.15, 0.2) is 12.4 Å². The van der Waals surface area contributed by atoms with Crippen molar-refractivity contribution in [3.63, 3.8) is 0 Å². The molecule has 0 unspecified atom stereocenters. The Balaban J connectivity index is 1.50. The van der Waals surface area contributed by atoms with Gasteiger partial charge in [0.2, 0.25) is 20.0 Å². The van der Waals surface area contributed by atoms with Crippen molar-refractivity contribution < 1.29 is 31.2 Å². The lowest BCUT2D eigenvalue weighted by Gasteiger charge is -2.18. The number of rotatable bonds is 10. The van der Waals surface area contributed by atoms with E-state index in [4.69, 9.17) is 4.74 Å². The van der Waals surface area contributed by atoms with Crippen molar-refractivity contribution in [2.24, 2.45) is 0 Å². The van der Waals surface area contributed by atoms with E-state index in [1.807, 2.05) is 6.92 Å². The standard InChI is InChI=1S/C22H26N2O7S2/c1-3-32(27,28)24-13-11-17-14-18(6-9-20(17)24)21(25)15-31-22(26)10-12-23-33(29,30)19-7-4-16(2)5-8-19/h4-9,14,23H,3,10-13,15H2,1-2H3.